The molecule has 1 saturated heterocycles. The van der Waals surface area contributed by atoms with Crippen LogP contribution in [0.2, 0.25) is 0 Å². The van der Waals surface area contributed by atoms with E-state index in [9.17, 15) is 8.42 Å². The fourth-order valence-corrected chi connectivity index (χ4v) is 6.84. The number of guanidine groups is 1. The van der Waals surface area contributed by atoms with Gasteiger partial charge in [0.1, 0.15) is 0 Å². The van der Waals surface area contributed by atoms with Crippen molar-refractivity contribution in [2.45, 2.75) is 76.3 Å². The SMILES string of the molecule is O=S1(=O)CCC(CN=C(NC2CC2)NC2CCC3CCCCC3C2)C1. The number of fused-ring (bicyclic) bond motifs is 1. The van der Waals surface area contributed by atoms with E-state index in [-0.39, 0.29) is 5.92 Å². The summed E-state index contributed by atoms with van der Waals surface area (Å²) in [6, 6.07) is 1.11. The highest BCUT2D eigenvalue weighted by molar-refractivity contribution is 7.91. The second-order valence-corrected chi connectivity index (χ2v) is 11.1. The average molecular weight is 368 g/mol. The predicted molar refractivity (Wildman–Crippen MR) is 101 cm³/mol. The molecule has 1 aliphatic heterocycles. The molecule has 4 aliphatic rings. The molecular weight excluding hydrogens is 334 g/mol. The maximum Gasteiger partial charge on any atom is 0.191 e. The van der Waals surface area contributed by atoms with Crippen LogP contribution >= 0.6 is 0 Å². The van der Waals surface area contributed by atoms with Crippen molar-refractivity contribution in [3.05, 3.63) is 0 Å². The molecule has 4 unspecified atom stereocenters. The maximum atomic E-state index is 11.6. The smallest absolute Gasteiger partial charge is 0.191 e. The molecule has 5 nitrogen and oxygen atoms in total. The Morgan fingerprint density at radius 3 is 2.32 bits per heavy atom. The molecule has 3 aliphatic carbocycles. The van der Waals surface area contributed by atoms with Crippen LogP contribution in [-0.4, -0.2) is 44.5 Å². The molecule has 1 heterocycles. The summed E-state index contributed by atoms with van der Waals surface area (Å²) < 4.78 is 23.3. The Labute approximate surface area is 152 Å². The summed E-state index contributed by atoms with van der Waals surface area (Å²) in [5.41, 5.74) is 0. The van der Waals surface area contributed by atoms with Gasteiger partial charge in [-0.3, -0.25) is 4.99 Å². The molecule has 0 radical (unpaired) electrons. The van der Waals surface area contributed by atoms with E-state index in [0.29, 0.717) is 30.1 Å². The molecule has 25 heavy (non-hydrogen) atoms. The third-order valence-electron chi connectivity index (χ3n) is 6.63. The molecule has 2 N–H and O–H groups in total. The molecule has 3 saturated carbocycles. The summed E-state index contributed by atoms with van der Waals surface area (Å²) in [5, 5.41) is 7.24. The first-order chi connectivity index (χ1) is 12.1. The minimum absolute atomic E-state index is 0.205. The van der Waals surface area contributed by atoms with Crippen LogP contribution in [0.5, 0.6) is 0 Å². The second-order valence-electron chi connectivity index (χ2n) is 8.84. The van der Waals surface area contributed by atoms with E-state index >= 15 is 0 Å². The van der Waals surface area contributed by atoms with Crippen LogP contribution in [-0.2, 0) is 9.84 Å². The summed E-state index contributed by atoms with van der Waals surface area (Å²) in [4.78, 5) is 4.78. The lowest BCUT2D eigenvalue weighted by Crippen LogP contribution is -2.47. The summed E-state index contributed by atoms with van der Waals surface area (Å²) in [6.45, 7) is 0.639. The largest absolute Gasteiger partial charge is 0.354 e. The summed E-state index contributed by atoms with van der Waals surface area (Å²) in [5.74, 6) is 3.68. The van der Waals surface area contributed by atoms with Crippen molar-refractivity contribution < 1.29 is 8.42 Å². The molecule has 0 amide bonds. The third-order valence-corrected chi connectivity index (χ3v) is 8.47. The van der Waals surface area contributed by atoms with Crippen molar-refractivity contribution in [3.63, 3.8) is 0 Å². The molecule has 4 atom stereocenters. The van der Waals surface area contributed by atoms with Crippen molar-refractivity contribution >= 4 is 15.8 Å². The normalized spacial score (nSPS) is 38.2. The highest BCUT2D eigenvalue weighted by Crippen LogP contribution is 2.40. The molecule has 0 aromatic rings. The number of aliphatic imine (C=N–C) groups is 1. The van der Waals surface area contributed by atoms with Crippen LogP contribution in [0, 0.1) is 17.8 Å². The number of hydrogen-bond acceptors (Lipinski definition) is 3. The van der Waals surface area contributed by atoms with E-state index < -0.39 is 9.84 Å². The lowest BCUT2D eigenvalue weighted by molar-refractivity contribution is 0.150. The number of nitrogens with zero attached hydrogens (tertiary/aromatic N) is 1. The van der Waals surface area contributed by atoms with Gasteiger partial charge in [0.2, 0.25) is 0 Å². The highest BCUT2D eigenvalue weighted by atomic mass is 32.2. The van der Waals surface area contributed by atoms with E-state index in [1.165, 1.54) is 57.8 Å². The van der Waals surface area contributed by atoms with Crippen molar-refractivity contribution in [2.24, 2.45) is 22.7 Å². The van der Waals surface area contributed by atoms with Crippen molar-refractivity contribution in [1.29, 1.82) is 0 Å². The van der Waals surface area contributed by atoms with Crippen LogP contribution in [0.25, 0.3) is 0 Å². The quantitative estimate of drug-likeness (QED) is 0.591. The van der Waals surface area contributed by atoms with Gasteiger partial charge in [-0.25, -0.2) is 8.42 Å². The zero-order chi connectivity index (χ0) is 17.3. The van der Waals surface area contributed by atoms with E-state index in [1.54, 1.807) is 0 Å². The summed E-state index contributed by atoms with van der Waals surface area (Å²) in [6.07, 6.45) is 12.8. The Bertz CT molecular complexity index is 600. The van der Waals surface area contributed by atoms with Crippen LogP contribution < -0.4 is 10.6 Å². The van der Waals surface area contributed by atoms with Gasteiger partial charge in [-0.1, -0.05) is 25.7 Å². The molecule has 6 heteroatoms. The third kappa shape index (κ3) is 4.89. The molecule has 0 aromatic heterocycles. The van der Waals surface area contributed by atoms with Crippen molar-refractivity contribution in [1.82, 2.24) is 10.6 Å². The first kappa shape index (κ1) is 17.6. The Balaban J connectivity index is 1.33. The van der Waals surface area contributed by atoms with Crippen LogP contribution in [0.15, 0.2) is 4.99 Å². The van der Waals surface area contributed by atoms with Gasteiger partial charge in [-0.15, -0.1) is 0 Å². The Kier molecular flexibility index (Phi) is 5.25. The minimum atomic E-state index is -2.80. The topological polar surface area (TPSA) is 70.6 Å². The van der Waals surface area contributed by atoms with E-state index in [2.05, 4.69) is 10.6 Å². The zero-order valence-corrected chi connectivity index (χ0v) is 16.1. The fraction of sp³-hybridized carbons (Fsp3) is 0.947. The summed E-state index contributed by atoms with van der Waals surface area (Å²) in [7, 11) is -2.80. The average Bonchev–Trinajstić information content (AvgIpc) is 3.34. The van der Waals surface area contributed by atoms with Gasteiger partial charge < -0.3 is 10.6 Å². The molecule has 142 valence electrons. The van der Waals surface area contributed by atoms with E-state index in [0.717, 1.165) is 24.2 Å². The highest BCUT2D eigenvalue weighted by Gasteiger charge is 2.33. The Morgan fingerprint density at radius 1 is 0.880 bits per heavy atom. The van der Waals surface area contributed by atoms with Crippen LogP contribution in [0.1, 0.15) is 64.2 Å². The van der Waals surface area contributed by atoms with E-state index in [4.69, 9.17) is 4.99 Å². The first-order valence-corrected chi connectivity index (χ1v) is 12.2. The fourth-order valence-electron chi connectivity index (χ4n) is 4.99. The number of sulfone groups is 1. The first-order valence-electron chi connectivity index (χ1n) is 10.4. The zero-order valence-electron chi connectivity index (χ0n) is 15.3. The number of nitrogens with one attached hydrogen (secondary N) is 2. The lowest BCUT2D eigenvalue weighted by atomic mass is 9.69. The molecule has 0 spiro atoms. The molecule has 4 rings (SSSR count). The maximum absolute atomic E-state index is 11.6. The summed E-state index contributed by atoms with van der Waals surface area (Å²) >= 11 is 0. The van der Waals surface area contributed by atoms with Gasteiger partial charge in [-0.2, -0.15) is 0 Å². The van der Waals surface area contributed by atoms with Gasteiger partial charge in [0, 0.05) is 18.6 Å². The monoisotopic (exact) mass is 367 g/mol. The van der Waals surface area contributed by atoms with Gasteiger partial charge in [0.25, 0.3) is 0 Å². The molecule has 4 fully saturated rings. The Morgan fingerprint density at radius 2 is 1.60 bits per heavy atom. The Hall–Kier alpha value is -0.780. The van der Waals surface area contributed by atoms with Crippen molar-refractivity contribution in [3.8, 4) is 0 Å². The van der Waals surface area contributed by atoms with Gasteiger partial charge >= 0.3 is 0 Å². The molecule has 0 bridgehead atoms. The van der Waals surface area contributed by atoms with Crippen LogP contribution in [0.4, 0.5) is 0 Å². The predicted octanol–water partition coefficient (Wildman–Crippen LogP) is 2.48. The van der Waals surface area contributed by atoms with Gasteiger partial charge in [0.15, 0.2) is 15.8 Å². The minimum Gasteiger partial charge on any atom is -0.354 e. The van der Waals surface area contributed by atoms with Crippen molar-refractivity contribution in [2.75, 3.05) is 18.1 Å². The second kappa shape index (κ2) is 7.45. The van der Waals surface area contributed by atoms with E-state index in [1.807, 2.05) is 0 Å². The van der Waals surface area contributed by atoms with Gasteiger partial charge in [0.05, 0.1) is 11.5 Å². The number of hydrogen-bond donors (Lipinski definition) is 2. The lowest BCUT2D eigenvalue weighted by Gasteiger charge is -2.40. The number of rotatable bonds is 4. The molecular formula is C19H33N3O2S. The van der Waals surface area contributed by atoms with Gasteiger partial charge in [-0.05, 0) is 56.3 Å². The van der Waals surface area contributed by atoms with Crippen LogP contribution in [0.3, 0.4) is 0 Å². The standard InChI is InChI=1S/C19H33N3O2S/c23-25(24)10-9-14(13-25)12-20-19(21-17-7-8-17)22-18-6-5-15-3-1-2-4-16(15)11-18/h14-18H,1-13H2,(H2,20,21,22). The molecule has 0 aromatic carbocycles.